The van der Waals surface area contributed by atoms with E-state index in [1.54, 1.807) is 7.11 Å². The molecule has 18 heteroatoms. The Labute approximate surface area is 299 Å². The Morgan fingerprint density at radius 3 is 2.14 bits per heavy atom. The van der Waals surface area contributed by atoms with Gasteiger partial charge in [0.25, 0.3) is 0 Å². The number of nitrogens with one attached hydrogen (secondary N) is 5. The standard InChI is InChI=1S/C32H59F5N8O3S2/c1-18-15-24(42-41-18)38-29-28(48-6)30(45-13-11-44(12-14-45)10-9-43(4)5)40-31(39-29)49-23-8-7-19(16-20(23)33)50(46,47)32(2,3)25-26(36)21(34)17-22(35)27(25)37/h18-31,38-42H,7-17H2,1-6H3. The average Bonchev–Trinajstić information content (AvgIpc) is 3.47. The number of hydrazine groups is 1. The van der Waals surface area contributed by atoms with E-state index < -0.39 is 73.8 Å². The molecule has 2 saturated carbocycles. The van der Waals surface area contributed by atoms with Crippen molar-refractivity contribution in [2.24, 2.45) is 5.92 Å². The molecule has 13 unspecified atom stereocenters. The Balaban J connectivity index is 1.26. The summed E-state index contributed by atoms with van der Waals surface area (Å²) < 4.78 is 106. The molecule has 0 radical (unpaired) electrons. The predicted octanol–water partition coefficient (Wildman–Crippen LogP) is 1.67. The SMILES string of the molecule is COC1C(NC2CC(C)NN2)NC(SC2CCC(S(=O)(=O)C(C)(C)C3C(F)C(F)CC(F)C3F)CC2F)NC1N1CCN(CCN(C)C)CC1. The predicted molar refractivity (Wildman–Crippen MR) is 187 cm³/mol. The molecule has 292 valence electrons. The van der Waals surface area contributed by atoms with Gasteiger partial charge in [0.15, 0.2) is 9.84 Å². The van der Waals surface area contributed by atoms with Crippen molar-refractivity contribution < 1.29 is 35.1 Å². The molecule has 5 rings (SSSR count). The zero-order valence-corrected chi connectivity index (χ0v) is 31.8. The first-order chi connectivity index (χ1) is 23.5. The summed E-state index contributed by atoms with van der Waals surface area (Å²) in [4.78, 5) is 6.99. The molecular weight excluding hydrogens is 704 g/mol. The first-order valence-corrected chi connectivity index (χ1v) is 20.5. The van der Waals surface area contributed by atoms with Crippen molar-refractivity contribution in [2.75, 3.05) is 60.5 Å². The fourth-order valence-electron chi connectivity index (χ4n) is 8.33. The second kappa shape index (κ2) is 16.9. The number of halogens is 5. The molecule has 0 aromatic rings. The van der Waals surface area contributed by atoms with Crippen LogP contribution in [0, 0.1) is 5.92 Å². The molecule has 0 amide bonds. The number of likely N-dealkylation sites (N-methyl/N-ethyl adjacent to an activating group) is 1. The number of piperazine rings is 1. The minimum atomic E-state index is -4.38. The summed E-state index contributed by atoms with van der Waals surface area (Å²) in [5.74, 6) is -2.02. The lowest BCUT2D eigenvalue weighted by molar-refractivity contribution is -0.0680. The highest BCUT2D eigenvalue weighted by Gasteiger charge is 2.59. The Kier molecular flexibility index (Phi) is 13.8. The number of rotatable bonds is 12. The summed E-state index contributed by atoms with van der Waals surface area (Å²) in [7, 11) is 1.43. The molecule has 5 aliphatic rings. The lowest BCUT2D eigenvalue weighted by atomic mass is 9.76. The largest absolute Gasteiger partial charge is 0.375 e. The number of sulfone groups is 1. The summed E-state index contributed by atoms with van der Waals surface area (Å²) in [5, 5.41) is 9.07. The summed E-state index contributed by atoms with van der Waals surface area (Å²) >= 11 is 1.37. The molecule has 5 N–H and O–H groups in total. The summed E-state index contributed by atoms with van der Waals surface area (Å²) in [5.41, 5.74) is 6.11. The van der Waals surface area contributed by atoms with E-state index in [-0.39, 0.29) is 49.9 Å². The highest BCUT2D eigenvalue weighted by Crippen LogP contribution is 2.47. The van der Waals surface area contributed by atoms with Gasteiger partial charge in [-0.2, -0.15) is 0 Å². The third kappa shape index (κ3) is 8.92. The second-order valence-corrected chi connectivity index (χ2v) is 19.8. The minimum absolute atomic E-state index is 0.0253. The minimum Gasteiger partial charge on any atom is -0.375 e. The van der Waals surface area contributed by atoms with E-state index in [0.29, 0.717) is 0 Å². The van der Waals surface area contributed by atoms with Crippen LogP contribution in [0.3, 0.4) is 0 Å². The number of ether oxygens (including phenoxy) is 1. The van der Waals surface area contributed by atoms with E-state index in [1.807, 2.05) is 0 Å². The fourth-order valence-corrected chi connectivity index (χ4v) is 12.1. The van der Waals surface area contributed by atoms with Crippen LogP contribution in [0.2, 0.25) is 0 Å². The van der Waals surface area contributed by atoms with Crippen molar-refractivity contribution in [2.45, 2.75) is 135 Å². The maximum Gasteiger partial charge on any atom is 0.158 e. The number of hydrogen-bond acceptors (Lipinski definition) is 12. The van der Waals surface area contributed by atoms with Gasteiger partial charge in [-0.3, -0.25) is 31.2 Å². The van der Waals surface area contributed by atoms with Crippen molar-refractivity contribution >= 4 is 21.6 Å². The van der Waals surface area contributed by atoms with Crippen LogP contribution >= 0.6 is 11.8 Å². The molecule has 50 heavy (non-hydrogen) atoms. The normalized spacial score (nSPS) is 43.0. The van der Waals surface area contributed by atoms with Crippen LogP contribution in [-0.2, 0) is 14.6 Å². The molecule has 0 aromatic carbocycles. The van der Waals surface area contributed by atoms with Gasteiger partial charge in [0.1, 0.15) is 42.5 Å². The van der Waals surface area contributed by atoms with Crippen molar-refractivity contribution in [3.8, 4) is 0 Å². The molecule has 5 fully saturated rings. The molecule has 3 aliphatic heterocycles. The van der Waals surface area contributed by atoms with Gasteiger partial charge in [-0.25, -0.2) is 35.8 Å². The van der Waals surface area contributed by atoms with Crippen molar-refractivity contribution in [1.29, 1.82) is 0 Å². The lowest BCUT2D eigenvalue weighted by Crippen LogP contribution is -2.75. The van der Waals surface area contributed by atoms with Gasteiger partial charge in [0.2, 0.25) is 0 Å². The number of nitrogens with zero attached hydrogens (tertiary/aromatic N) is 3. The van der Waals surface area contributed by atoms with Crippen LogP contribution in [-0.4, -0.2) is 166 Å². The molecule has 3 heterocycles. The van der Waals surface area contributed by atoms with Crippen molar-refractivity contribution in [1.82, 2.24) is 41.5 Å². The number of hydrogen-bond donors (Lipinski definition) is 5. The number of thioether (sulfide) groups is 1. The van der Waals surface area contributed by atoms with Crippen LogP contribution in [0.15, 0.2) is 0 Å². The van der Waals surface area contributed by atoms with Crippen molar-refractivity contribution in [3.05, 3.63) is 0 Å². The van der Waals surface area contributed by atoms with Crippen LogP contribution in [0.25, 0.3) is 0 Å². The van der Waals surface area contributed by atoms with Gasteiger partial charge in [0.05, 0.1) is 28.5 Å². The quantitative estimate of drug-likeness (QED) is 0.187. The van der Waals surface area contributed by atoms with Gasteiger partial charge in [0, 0.05) is 70.0 Å². The highest BCUT2D eigenvalue weighted by molar-refractivity contribution is 8.00. The third-order valence-electron chi connectivity index (χ3n) is 11.5. The van der Waals surface area contributed by atoms with Gasteiger partial charge in [-0.05, 0) is 60.5 Å². The Morgan fingerprint density at radius 1 is 0.920 bits per heavy atom. The lowest BCUT2D eigenvalue weighted by Gasteiger charge is -2.50. The fraction of sp³-hybridized carbons (Fsp3) is 1.00. The Bertz CT molecular complexity index is 1190. The zero-order chi connectivity index (χ0) is 36.5. The maximum atomic E-state index is 16.0. The Hall–Kier alpha value is -0.410. The van der Waals surface area contributed by atoms with Crippen LogP contribution in [0.4, 0.5) is 22.0 Å². The van der Waals surface area contributed by atoms with Crippen LogP contribution in [0.1, 0.15) is 52.9 Å². The topological polar surface area (TPSA) is 113 Å². The van der Waals surface area contributed by atoms with E-state index in [1.165, 1.54) is 11.8 Å². The molecule has 0 bridgehead atoms. The first kappa shape index (κ1) is 40.8. The van der Waals surface area contributed by atoms with E-state index in [0.717, 1.165) is 59.5 Å². The zero-order valence-electron chi connectivity index (χ0n) is 30.1. The number of methoxy groups -OCH3 is 1. The summed E-state index contributed by atoms with van der Waals surface area (Å²) in [6, 6.07) is 0.275. The smallest absolute Gasteiger partial charge is 0.158 e. The van der Waals surface area contributed by atoms with Crippen LogP contribution < -0.4 is 26.8 Å². The van der Waals surface area contributed by atoms with E-state index in [9.17, 15) is 26.0 Å². The van der Waals surface area contributed by atoms with Gasteiger partial charge >= 0.3 is 0 Å². The van der Waals surface area contributed by atoms with Gasteiger partial charge < -0.3 is 9.64 Å². The van der Waals surface area contributed by atoms with E-state index in [4.69, 9.17) is 4.74 Å². The van der Waals surface area contributed by atoms with Crippen molar-refractivity contribution in [3.63, 3.8) is 0 Å². The molecule has 3 saturated heterocycles. The van der Waals surface area contributed by atoms with Crippen LogP contribution in [0.5, 0.6) is 0 Å². The molecule has 11 nitrogen and oxygen atoms in total. The third-order valence-corrected chi connectivity index (χ3v) is 16.0. The molecule has 0 aromatic heterocycles. The van der Waals surface area contributed by atoms with Gasteiger partial charge in [-0.15, -0.1) is 11.8 Å². The maximum absolute atomic E-state index is 16.0. The second-order valence-electron chi connectivity index (χ2n) is 15.6. The molecular formula is C32H59F5N8O3S2. The molecule has 13 atom stereocenters. The number of alkyl halides is 5. The van der Waals surface area contributed by atoms with Gasteiger partial charge in [-0.1, -0.05) is 0 Å². The first-order valence-electron chi connectivity index (χ1n) is 18.1. The molecule has 0 spiro atoms. The average molecular weight is 763 g/mol. The molecule has 2 aliphatic carbocycles. The van der Waals surface area contributed by atoms with E-state index >= 15 is 4.39 Å². The van der Waals surface area contributed by atoms with E-state index in [2.05, 4.69) is 62.5 Å². The monoisotopic (exact) mass is 762 g/mol. The summed E-state index contributed by atoms with van der Waals surface area (Å²) in [6.07, 6.45) is -12.0. The Morgan fingerprint density at radius 2 is 1.58 bits per heavy atom. The summed E-state index contributed by atoms with van der Waals surface area (Å²) in [6.45, 7) is 9.76. The highest BCUT2D eigenvalue weighted by atomic mass is 32.2.